The van der Waals surface area contributed by atoms with E-state index in [0.29, 0.717) is 12.6 Å². The summed E-state index contributed by atoms with van der Waals surface area (Å²) in [5, 5.41) is 7.50. The molecule has 0 fully saturated rings. The Labute approximate surface area is 96.7 Å². The molecule has 0 aromatic carbocycles. The molecule has 0 saturated carbocycles. The molecule has 0 aliphatic heterocycles. The maximum absolute atomic E-state index is 11.5. The van der Waals surface area contributed by atoms with Crippen molar-refractivity contribution in [2.24, 2.45) is 0 Å². The Balaban J connectivity index is 2.45. The van der Waals surface area contributed by atoms with Gasteiger partial charge in [0.15, 0.2) is 0 Å². The van der Waals surface area contributed by atoms with Crippen molar-refractivity contribution >= 4 is 0 Å². The summed E-state index contributed by atoms with van der Waals surface area (Å²) < 4.78 is 1.52. The Morgan fingerprint density at radius 2 is 2.31 bits per heavy atom. The molecule has 4 nitrogen and oxygen atoms in total. The van der Waals surface area contributed by atoms with Gasteiger partial charge in [-0.2, -0.15) is 5.10 Å². The van der Waals surface area contributed by atoms with Crippen LogP contribution in [0.1, 0.15) is 32.3 Å². The summed E-state index contributed by atoms with van der Waals surface area (Å²) in [4.78, 5) is 11.5. The molecule has 0 spiro atoms. The number of hydrogen-bond acceptors (Lipinski definition) is 3. The van der Waals surface area contributed by atoms with Crippen LogP contribution in [0, 0.1) is 6.92 Å². The Morgan fingerprint density at radius 1 is 1.56 bits per heavy atom. The van der Waals surface area contributed by atoms with Crippen molar-refractivity contribution in [1.82, 2.24) is 15.1 Å². The van der Waals surface area contributed by atoms with E-state index in [9.17, 15) is 4.79 Å². The van der Waals surface area contributed by atoms with Gasteiger partial charge in [0, 0.05) is 18.7 Å². The molecule has 1 atom stereocenters. The van der Waals surface area contributed by atoms with E-state index in [1.165, 1.54) is 4.68 Å². The molecule has 0 amide bonds. The first-order chi connectivity index (χ1) is 7.63. The average Bonchev–Trinajstić information content (AvgIpc) is 2.25. The summed E-state index contributed by atoms with van der Waals surface area (Å²) in [7, 11) is 0. The first-order valence-electron chi connectivity index (χ1n) is 5.90. The molecular formula is C12H21N3O. The van der Waals surface area contributed by atoms with Gasteiger partial charge in [-0.3, -0.25) is 4.79 Å². The fourth-order valence-corrected chi connectivity index (χ4v) is 1.50. The van der Waals surface area contributed by atoms with Gasteiger partial charge in [0.1, 0.15) is 0 Å². The normalized spacial score (nSPS) is 12.7. The molecule has 0 aliphatic carbocycles. The Hall–Kier alpha value is -1.16. The monoisotopic (exact) mass is 223 g/mol. The molecule has 1 rings (SSSR count). The number of rotatable bonds is 6. The largest absolute Gasteiger partial charge is 0.314 e. The van der Waals surface area contributed by atoms with Crippen molar-refractivity contribution in [3.8, 4) is 0 Å². The number of aryl methyl sites for hydroxylation is 2. The van der Waals surface area contributed by atoms with Crippen LogP contribution in [0.3, 0.4) is 0 Å². The molecule has 90 valence electrons. The van der Waals surface area contributed by atoms with E-state index in [-0.39, 0.29) is 5.56 Å². The quantitative estimate of drug-likeness (QED) is 0.791. The summed E-state index contributed by atoms with van der Waals surface area (Å²) in [5.41, 5.74) is 0.904. The summed E-state index contributed by atoms with van der Waals surface area (Å²) in [5.74, 6) is 0. The first kappa shape index (κ1) is 12.9. The number of hydrogen-bond donors (Lipinski definition) is 1. The maximum Gasteiger partial charge on any atom is 0.266 e. The predicted octanol–water partition coefficient (Wildman–Crippen LogP) is 1.33. The van der Waals surface area contributed by atoms with Crippen LogP contribution in [0.5, 0.6) is 0 Å². The molecule has 1 aromatic rings. The minimum absolute atomic E-state index is 0.0114. The lowest BCUT2D eigenvalue weighted by atomic mass is 10.2. The number of nitrogens with one attached hydrogen (secondary N) is 1. The molecule has 1 unspecified atom stereocenters. The van der Waals surface area contributed by atoms with E-state index in [0.717, 1.165) is 24.9 Å². The molecule has 16 heavy (non-hydrogen) atoms. The highest BCUT2D eigenvalue weighted by molar-refractivity contribution is 5.02. The van der Waals surface area contributed by atoms with Gasteiger partial charge in [0.2, 0.25) is 0 Å². The van der Waals surface area contributed by atoms with Crippen LogP contribution in [-0.2, 0) is 6.54 Å². The standard InChI is InChI=1S/C12H21N3O/c1-4-6-13-11(3)5-7-15-12(16)8-10(2)9-14-15/h8-9,11,13H,4-7H2,1-3H3. The second-order valence-electron chi connectivity index (χ2n) is 4.24. The Kier molecular flexibility index (Phi) is 5.19. The van der Waals surface area contributed by atoms with Crippen molar-refractivity contribution < 1.29 is 0 Å². The summed E-state index contributed by atoms with van der Waals surface area (Å²) in [6.07, 6.45) is 3.79. The fourth-order valence-electron chi connectivity index (χ4n) is 1.50. The van der Waals surface area contributed by atoms with Crippen LogP contribution in [0.25, 0.3) is 0 Å². The lowest BCUT2D eigenvalue weighted by Gasteiger charge is -2.13. The Morgan fingerprint density at radius 3 is 2.94 bits per heavy atom. The zero-order chi connectivity index (χ0) is 12.0. The third-order valence-electron chi connectivity index (χ3n) is 2.52. The van der Waals surface area contributed by atoms with Crippen molar-refractivity contribution in [2.75, 3.05) is 6.54 Å². The second kappa shape index (κ2) is 6.43. The number of nitrogens with zero attached hydrogens (tertiary/aromatic N) is 2. The van der Waals surface area contributed by atoms with E-state index in [4.69, 9.17) is 0 Å². The van der Waals surface area contributed by atoms with E-state index < -0.39 is 0 Å². The lowest BCUT2D eigenvalue weighted by Crippen LogP contribution is -2.30. The highest BCUT2D eigenvalue weighted by atomic mass is 16.1. The zero-order valence-corrected chi connectivity index (χ0v) is 10.4. The van der Waals surface area contributed by atoms with Gasteiger partial charge in [-0.05, 0) is 38.8 Å². The molecule has 1 N–H and O–H groups in total. The molecule has 1 heterocycles. The van der Waals surface area contributed by atoms with E-state index >= 15 is 0 Å². The summed E-state index contributed by atoms with van der Waals surface area (Å²) >= 11 is 0. The predicted molar refractivity (Wildman–Crippen MR) is 65.6 cm³/mol. The van der Waals surface area contributed by atoms with Crippen molar-refractivity contribution in [2.45, 2.75) is 46.2 Å². The summed E-state index contributed by atoms with van der Waals surface area (Å²) in [6, 6.07) is 2.05. The third kappa shape index (κ3) is 4.14. The van der Waals surface area contributed by atoms with Crippen LogP contribution in [0.4, 0.5) is 0 Å². The van der Waals surface area contributed by atoms with E-state index in [1.807, 2.05) is 6.92 Å². The van der Waals surface area contributed by atoms with Crippen LogP contribution in [0.15, 0.2) is 17.1 Å². The van der Waals surface area contributed by atoms with Crippen LogP contribution >= 0.6 is 0 Å². The second-order valence-corrected chi connectivity index (χ2v) is 4.24. The van der Waals surface area contributed by atoms with Crippen LogP contribution < -0.4 is 10.9 Å². The topological polar surface area (TPSA) is 46.9 Å². The number of aromatic nitrogens is 2. The van der Waals surface area contributed by atoms with Gasteiger partial charge in [-0.15, -0.1) is 0 Å². The van der Waals surface area contributed by atoms with Gasteiger partial charge < -0.3 is 5.32 Å². The molecule has 0 bridgehead atoms. The van der Waals surface area contributed by atoms with E-state index in [1.54, 1.807) is 12.3 Å². The minimum Gasteiger partial charge on any atom is -0.314 e. The Bertz CT molecular complexity index is 373. The average molecular weight is 223 g/mol. The van der Waals surface area contributed by atoms with E-state index in [2.05, 4.69) is 24.3 Å². The molecule has 0 saturated heterocycles. The lowest BCUT2D eigenvalue weighted by molar-refractivity contribution is 0.448. The van der Waals surface area contributed by atoms with Gasteiger partial charge in [0.05, 0.1) is 6.20 Å². The zero-order valence-electron chi connectivity index (χ0n) is 10.4. The van der Waals surface area contributed by atoms with Gasteiger partial charge in [-0.1, -0.05) is 6.92 Å². The van der Waals surface area contributed by atoms with Crippen LogP contribution in [0.2, 0.25) is 0 Å². The molecule has 0 radical (unpaired) electrons. The van der Waals surface area contributed by atoms with Crippen molar-refractivity contribution in [3.05, 3.63) is 28.2 Å². The maximum atomic E-state index is 11.5. The molecule has 4 heteroatoms. The van der Waals surface area contributed by atoms with Gasteiger partial charge >= 0.3 is 0 Å². The molecule has 1 aromatic heterocycles. The van der Waals surface area contributed by atoms with Crippen molar-refractivity contribution in [1.29, 1.82) is 0 Å². The molecule has 0 aliphatic rings. The highest BCUT2D eigenvalue weighted by Crippen LogP contribution is 1.94. The SMILES string of the molecule is CCCNC(C)CCn1ncc(C)cc1=O. The smallest absolute Gasteiger partial charge is 0.266 e. The third-order valence-corrected chi connectivity index (χ3v) is 2.52. The summed E-state index contributed by atoms with van der Waals surface area (Å²) in [6.45, 7) is 7.86. The minimum atomic E-state index is -0.0114. The fraction of sp³-hybridized carbons (Fsp3) is 0.667. The van der Waals surface area contributed by atoms with Crippen LogP contribution in [-0.4, -0.2) is 22.4 Å². The van der Waals surface area contributed by atoms with Gasteiger partial charge in [-0.25, -0.2) is 4.68 Å². The molecular weight excluding hydrogens is 202 g/mol. The van der Waals surface area contributed by atoms with Crippen molar-refractivity contribution in [3.63, 3.8) is 0 Å². The van der Waals surface area contributed by atoms with Gasteiger partial charge in [0.25, 0.3) is 5.56 Å². The highest BCUT2D eigenvalue weighted by Gasteiger charge is 2.02. The first-order valence-corrected chi connectivity index (χ1v) is 5.90.